The minimum atomic E-state index is -0.356. The fourth-order valence-corrected chi connectivity index (χ4v) is 3.23. The Morgan fingerprint density at radius 3 is 2.90 bits per heavy atom. The lowest BCUT2D eigenvalue weighted by molar-refractivity contribution is 0.0526. The minimum absolute atomic E-state index is 0.0711. The van der Waals surface area contributed by atoms with Crippen LogP contribution in [0, 0.1) is 6.92 Å². The van der Waals surface area contributed by atoms with E-state index in [1.807, 2.05) is 12.3 Å². The summed E-state index contributed by atoms with van der Waals surface area (Å²) in [5.74, 6) is -0.356. The summed E-state index contributed by atoms with van der Waals surface area (Å²) in [5.41, 5.74) is 7.74. The van der Waals surface area contributed by atoms with Gasteiger partial charge in [-0.05, 0) is 37.8 Å². The van der Waals surface area contributed by atoms with Gasteiger partial charge in [0.05, 0.1) is 18.4 Å². The van der Waals surface area contributed by atoms with E-state index in [0.29, 0.717) is 12.2 Å². The number of nitrogens with two attached hydrogens (primary N) is 1. The summed E-state index contributed by atoms with van der Waals surface area (Å²) >= 11 is 1.65. The predicted octanol–water partition coefficient (Wildman–Crippen LogP) is 2.37. The number of carbonyl (C=O) groups is 1. The average molecular weight is 293 g/mol. The van der Waals surface area contributed by atoms with Crippen LogP contribution in [0.1, 0.15) is 40.7 Å². The van der Waals surface area contributed by atoms with Crippen LogP contribution in [0.4, 0.5) is 0 Å². The van der Waals surface area contributed by atoms with E-state index in [-0.39, 0.29) is 18.1 Å². The highest BCUT2D eigenvalue weighted by Gasteiger charge is 2.23. The van der Waals surface area contributed by atoms with E-state index < -0.39 is 0 Å². The number of hydrogen-bond donors (Lipinski definition) is 1. The van der Waals surface area contributed by atoms with E-state index in [9.17, 15) is 4.79 Å². The van der Waals surface area contributed by atoms with E-state index in [0.717, 1.165) is 0 Å². The Kier molecular flexibility index (Phi) is 4.57. The summed E-state index contributed by atoms with van der Waals surface area (Å²) in [6.07, 6.45) is 3.22. The van der Waals surface area contributed by atoms with Gasteiger partial charge in [0.15, 0.2) is 0 Å². The zero-order valence-electron chi connectivity index (χ0n) is 11.9. The van der Waals surface area contributed by atoms with Crippen molar-refractivity contribution in [2.45, 2.75) is 32.9 Å². The Morgan fingerprint density at radius 1 is 1.60 bits per heavy atom. The first kappa shape index (κ1) is 14.7. The van der Waals surface area contributed by atoms with Crippen LogP contribution in [0.5, 0.6) is 0 Å². The second kappa shape index (κ2) is 6.19. The van der Waals surface area contributed by atoms with Crippen LogP contribution in [0.15, 0.2) is 23.8 Å². The van der Waals surface area contributed by atoms with Gasteiger partial charge in [0.25, 0.3) is 0 Å². The summed E-state index contributed by atoms with van der Waals surface area (Å²) in [4.78, 5) is 12.9. The summed E-state index contributed by atoms with van der Waals surface area (Å²) in [6.45, 7) is 6.12. The first-order valence-electron chi connectivity index (χ1n) is 6.55. The number of carbonyl (C=O) groups excluding carboxylic acids is 1. The Labute approximate surface area is 122 Å². The van der Waals surface area contributed by atoms with E-state index in [1.165, 1.54) is 16.6 Å². The molecule has 2 unspecified atom stereocenters. The van der Waals surface area contributed by atoms with Crippen molar-refractivity contribution in [2.75, 3.05) is 6.61 Å². The van der Waals surface area contributed by atoms with Crippen molar-refractivity contribution in [2.24, 2.45) is 5.73 Å². The Bertz CT molecular complexity index is 589. The fraction of sp³-hybridized carbons (Fsp3) is 0.429. The summed E-state index contributed by atoms with van der Waals surface area (Å²) in [6, 6.07) is 1.88. The predicted molar refractivity (Wildman–Crippen MR) is 79.0 cm³/mol. The van der Waals surface area contributed by atoms with Crippen molar-refractivity contribution in [3.63, 3.8) is 0 Å². The first-order chi connectivity index (χ1) is 9.54. The monoisotopic (exact) mass is 293 g/mol. The van der Waals surface area contributed by atoms with Gasteiger partial charge >= 0.3 is 5.97 Å². The molecular formula is C14H19N3O2S. The van der Waals surface area contributed by atoms with Crippen LogP contribution < -0.4 is 5.73 Å². The molecule has 0 saturated carbocycles. The topological polar surface area (TPSA) is 70.1 Å². The molecule has 2 rings (SSSR count). The van der Waals surface area contributed by atoms with Gasteiger partial charge in [-0.25, -0.2) is 4.79 Å². The van der Waals surface area contributed by atoms with Crippen LogP contribution in [0.3, 0.4) is 0 Å². The SMILES string of the molecule is CCOC(=O)c1cnn(C(c2sccc2C)C(C)N)c1. The van der Waals surface area contributed by atoms with Gasteiger partial charge in [0.1, 0.15) is 6.04 Å². The standard InChI is InChI=1S/C14H19N3O2S/c1-4-19-14(18)11-7-16-17(8-11)12(10(3)15)13-9(2)5-6-20-13/h5-8,10,12H,4,15H2,1-3H3. The highest BCUT2D eigenvalue weighted by molar-refractivity contribution is 7.10. The molecule has 0 radical (unpaired) electrons. The smallest absolute Gasteiger partial charge is 0.341 e. The van der Waals surface area contributed by atoms with Gasteiger partial charge in [-0.3, -0.25) is 4.68 Å². The number of esters is 1. The molecule has 0 aromatic carbocycles. The molecule has 0 aliphatic carbocycles. The molecule has 2 heterocycles. The summed E-state index contributed by atoms with van der Waals surface area (Å²) in [7, 11) is 0. The summed E-state index contributed by atoms with van der Waals surface area (Å²) in [5, 5.41) is 6.32. The van der Waals surface area contributed by atoms with E-state index in [1.54, 1.807) is 29.1 Å². The van der Waals surface area contributed by atoms with E-state index in [2.05, 4.69) is 18.1 Å². The number of nitrogens with zero attached hydrogens (tertiary/aromatic N) is 2. The molecule has 0 aliphatic rings. The largest absolute Gasteiger partial charge is 0.462 e. The Hall–Kier alpha value is -1.66. The molecule has 0 fully saturated rings. The Balaban J connectivity index is 2.32. The molecule has 0 spiro atoms. The second-order valence-corrected chi connectivity index (χ2v) is 5.65. The van der Waals surface area contributed by atoms with Crippen LogP contribution >= 0.6 is 11.3 Å². The third-order valence-electron chi connectivity index (χ3n) is 3.07. The van der Waals surface area contributed by atoms with Crippen molar-refractivity contribution in [3.8, 4) is 0 Å². The van der Waals surface area contributed by atoms with Gasteiger partial charge < -0.3 is 10.5 Å². The zero-order chi connectivity index (χ0) is 14.7. The number of aromatic nitrogens is 2. The van der Waals surface area contributed by atoms with Crippen LogP contribution in [-0.4, -0.2) is 28.4 Å². The lowest BCUT2D eigenvalue weighted by Gasteiger charge is -2.21. The third-order valence-corrected chi connectivity index (χ3v) is 4.16. The van der Waals surface area contributed by atoms with Crippen molar-refractivity contribution < 1.29 is 9.53 Å². The molecule has 0 aliphatic heterocycles. The highest BCUT2D eigenvalue weighted by atomic mass is 32.1. The minimum Gasteiger partial charge on any atom is -0.462 e. The molecular weight excluding hydrogens is 274 g/mol. The highest BCUT2D eigenvalue weighted by Crippen LogP contribution is 2.29. The van der Waals surface area contributed by atoms with Crippen molar-refractivity contribution >= 4 is 17.3 Å². The summed E-state index contributed by atoms with van der Waals surface area (Å²) < 4.78 is 6.72. The lowest BCUT2D eigenvalue weighted by Crippen LogP contribution is -2.30. The van der Waals surface area contributed by atoms with E-state index >= 15 is 0 Å². The molecule has 20 heavy (non-hydrogen) atoms. The molecule has 108 valence electrons. The van der Waals surface area contributed by atoms with Gasteiger partial charge in [-0.2, -0.15) is 5.10 Å². The molecule has 0 amide bonds. The van der Waals surface area contributed by atoms with Crippen molar-refractivity contribution in [3.05, 3.63) is 39.8 Å². The zero-order valence-corrected chi connectivity index (χ0v) is 12.7. The van der Waals surface area contributed by atoms with Gasteiger partial charge in [0.2, 0.25) is 0 Å². The normalized spacial score (nSPS) is 14.0. The average Bonchev–Trinajstić information content (AvgIpc) is 3.00. The van der Waals surface area contributed by atoms with E-state index in [4.69, 9.17) is 10.5 Å². The van der Waals surface area contributed by atoms with Crippen LogP contribution in [-0.2, 0) is 4.74 Å². The number of ether oxygens (including phenoxy) is 1. The number of thiophene rings is 1. The van der Waals surface area contributed by atoms with Crippen molar-refractivity contribution in [1.82, 2.24) is 9.78 Å². The lowest BCUT2D eigenvalue weighted by atomic mass is 10.1. The molecule has 2 aromatic heterocycles. The molecule has 0 saturated heterocycles. The fourth-order valence-electron chi connectivity index (χ4n) is 2.10. The molecule has 6 heteroatoms. The number of hydrogen-bond acceptors (Lipinski definition) is 5. The maximum atomic E-state index is 11.7. The van der Waals surface area contributed by atoms with Crippen molar-refractivity contribution in [1.29, 1.82) is 0 Å². The quantitative estimate of drug-likeness (QED) is 0.859. The van der Waals surface area contributed by atoms with Gasteiger partial charge in [-0.15, -0.1) is 11.3 Å². The second-order valence-electron chi connectivity index (χ2n) is 4.70. The molecule has 2 atom stereocenters. The molecule has 2 N–H and O–H groups in total. The maximum absolute atomic E-state index is 11.7. The number of rotatable bonds is 5. The molecule has 0 bridgehead atoms. The van der Waals surface area contributed by atoms with Gasteiger partial charge in [-0.1, -0.05) is 0 Å². The van der Waals surface area contributed by atoms with Crippen LogP contribution in [0.25, 0.3) is 0 Å². The number of aryl methyl sites for hydroxylation is 1. The third kappa shape index (κ3) is 2.91. The van der Waals surface area contributed by atoms with Crippen LogP contribution in [0.2, 0.25) is 0 Å². The molecule has 2 aromatic rings. The first-order valence-corrected chi connectivity index (χ1v) is 7.43. The van der Waals surface area contributed by atoms with Gasteiger partial charge in [0, 0.05) is 17.1 Å². The maximum Gasteiger partial charge on any atom is 0.341 e. The molecule has 5 nitrogen and oxygen atoms in total. The Morgan fingerprint density at radius 2 is 2.35 bits per heavy atom.